The minimum Gasteiger partial charge on any atom is -0.493 e. The highest BCUT2D eigenvalue weighted by Crippen LogP contribution is 2.44. The van der Waals surface area contributed by atoms with Gasteiger partial charge in [0.05, 0.1) is 19.9 Å². The average Bonchev–Trinajstić information content (AvgIpc) is 3.46. The molecule has 0 saturated heterocycles. The fraction of sp³-hybridized carbons (Fsp3) is 0.350. The molecule has 0 amide bonds. The van der Waals surface area contributed by atoms with Crippen molar-refractivity contribution in [2.75, 3.05) is 27.8 Å². The van der Waals surface area contributed by atoms with Gasteiger partial charge in [0.1, 0.15) is 6.10 Å². The third kappa shape index (κ3) is 2.81. The normalized spacial score (nSPS) is 18.6. The van der Waals surface area contributed by atoms with Crippen molar-refractivity contribution in [3.05, 3.63) is 35.4 Å². The molecule has 0 radical (unpaired) electrons. The Hall–Kier alpha value is -3.29. The van der Waals surface area contributed by atoms with Crippen LogP contribution in [0.25, 0.3) is 0 Å². The molecule has 28 heavy (non-hydrogen) atoms. The van der Waals surface area contributed by atoms with E-state index in [1.165, 1.54) is 0 Å². The van der Waals surface area contributed by atoms with Crippen LogP contribution in [0.1, 0.15) is 17.5 Å². The molecule has 5 rings (SSSR count). The van der Waals surface area contributed by atoms with Gasteiger partial charge in [0.2, 0.25) is 25.1 Å². The van der Waals surface area contributed by atoms with Gasteiger partial charge in [0.15, 0.2) is 23.0 Å². The van der Waals surface area contributed by atoms with Crippen LogP contribution in [0.15, 0.2) is 29.4 Å². The summed E-state index contributed by atoms with van der Waals surface area (Å²) in [6.07, 6.45) is 1.25. The van der Waals surface area contributed by atoms with Gasteiger partial charge in [-0.25, -0.2) is 0 Å². The Morgan fingerprint density at radius 2 is 1.57 bits per heavy atom. The molecule has 0 saturated carbocycles. The molecular weight excluding hydrogens is 366 g/mol. The van der Waals surface area contributed by atoms with Crippen molar-refractivity contribution in [1.29, 1.82) is 0 Å². The second-order valence-corrected chi connectivity index (χ2v) is 6.62. The monoisotopic (exact) mass is 385 g/mol. The zero-order valence-electron chi connectivity index (χ0n) is 15.5. The third-order valence-corrected chi connectivity index (χ3v) is 4.91. The second kappa shape index (κ2) is 6.70. The van der Waals surface area contributed by atoms with Crippen molar-refractivity contribution in [3.8, 4) is 34.5 Å². The molecule has 8 heteroatoms. The fourth-order valence-corrected chi connectivity index (χ4v) is 3.57. The van der Waals surface area contributed by atoms with Gasteiger partial charge in [-0.2, -0.15) is 0 Å². The molecule has 0 unspecified atom stereocenters. The van der Waals surface area contributed by atoms with Crippen LogP contribution in [0.2, 0.25) is 0 Å². The predicted molar refractivity (Wildman–Crippen MR) is 98.0 cm³/mol. The number of oxime groups is 1. The van der Waals surface area contributed by atoms with Crippen molar-refractivity contribution in [2.45, 2.75) is 18.9 Å². The summed E-state index contributed by atoms with van der Waals surface area (Å²) in [5.74, 6) is 3.88. The van der Waals surface area contributed by atoms with Crippen molar-refractivity contribution >= 4 is 5.71 Å². The largest absolute Gasteiger partial charge is 0.493 e. The molecule has 146 valence electrons. The summed E-state index contributed by atoms with van der Waals surface area (Å²) in [6.45, 7) is 0.390. The highest BCUT2D eigenvalue weighted by Gasteiger charge is 2.28. The number of ether oxygens (including phenoxy) is 6. The van der Waals surface area contributed by atoms with Gasteiger partial charge < -0.3 is 33.3 Å². The molecule has 8 nitrogen and oxygen atoms in total. The maximum Gasteiger partial charge on any atom is 0.231 e. The molecule has 3 aliphatic heterocycles. The van der Waals surface area contributed by atoms with Crippen LogP contribution in [-0.4, -0.2) is 39.6 Å². The number of nitrogens with zero attached hydrogens (tertiary/aromatic N) is 1. The number of fused-ring (bicyclic) bond motifs is 2. The zero-order chi connectivity index (χ0) is 19.1. The lowest BCUT2D eigenvalue weighted by Gasteiger charge is -2.11. The molecule has 3 aliphatic rings. The second-order valence-electron chi connectivity index (χ2n) is 6.62. The van der Waals surface area contributed by atoms with Gasteiger partial charge in [0, 0.05) is 18.4 Å². The Balaban J connectivity index is 1.33. The first-order valence-corrected chi connectivity index (χ1v) is 8.92. The number of rotatable bonds is 5. The van der Waals surface area contributed by atoms with E-state index in [9.17, 15) is 0 Å². The first-order chi connectivity index (χ1) is 13.7. The number of methoxy groups -OCH3 is 2. The number of benzene rings is 2. The molecule has 3 heterocycles. The van der Waals surface area contributed by atoms with Gasteiger partial charge in [-0.3, -0.25) is 0 Å². The van der Waals surface area contributed by atoms with E-state index in [1.807, 2.05) is 24.3 Å². The first kappa shape index (κ1) is 16.9. The number of hydrogen-bond acceptors (Lipinski definition) is 8. The van der Waals surface area contributed by atoms with Crippen molar-refractivity contribution < 1.29 is 33.3 Å². The quantitative estimate of drug-likeness (QED) is 0.783. The van der Waals surface area contributed by atoms with Crippen LogP contribution in [0, 0.1) is 0 Å². The third-order valence-electron chi connectivity index (χ3n) is 4.91. The SMILES string of the molecule is COc1cc(C[C@@H]2CC(c3cc(OC)c4c(c3)OCO4)=NO2)cc2c1OCO2. The topological polar surface area (TPSA) is 77.0 Å². The van der Waals surface area contributed by atoms with Gasteiger partial charge in [-0.15, -0.1) is 0 Å². The van der Waals surface area contributed by atoms with E-state index in [-0.39, 0.29) is 19.7 Å². The Morgan fingerprint density at radius 3 is 2.29 bits per heavy atom. The maximum absolute atomic E-state index is 5.67. The molecule has 0 N–H and O–H groups in total. The molecule has 0 spiro atoms. The molecule has 2 aromatic rings. The molecule has 0 fully saturated rings. The Kier molecular flexibility index (Phi) is 4.03. The lowest BCUT2D eigenvalue weighted by molar-refractivity contribution is 0.0858. The predicted octanol–water partition coefficient (Wildman–Crippen LogP) is 2.90. The van der Waals surface area contributed by atoms with E-state index in [0.717, 1.165) is 16.8 Å². The molecule has 0 aromatic heterocycles. The van der Waals surface area contributed by atoms with Crippen molar-refractivity contribution in [1.82, 2.24) is 0 Å². The average molecular weight is 385 g/mol. The highest BCUT2D eigenvalue weighted by molar-refractivity contribution is 6.02. The van der Waals surface area contributed by atoms with Gasteiger partial charge in [0.25, 0.3) is 0 Å². The Morgan fingerprint density at radius 1 is 0.893 bits per heavy atom. The van der Waals surface area contributed by atoms with Gasteiger partial charge >= 0.3 is 0 Å². The smallest absolute Gasteiger partial charge is 0.231 e. The van der Waals surface area contributed by atoms with Crippen LogP contribution >= 0.6 is 0 Å². The van der Waals surface area contributed by atoms with Crippen LogP contribution < -0.4 is 28.4 Å². The first-order valence-electron chi connectivity index (χ1n) is 8.92. The summed E-state index contributed by atoms with van der Waals surface area (Å²) >= 11 is 0. The number of hydrogen-bond donors (Lipinski definition) is 0. The Labute approximate surface area is 161 Å². The van der Waals surface area contributed by atoms with Gasteiger partial charge in [-0.05, 0) is 29.8 Å². The van der Waals surface area contributed by atoms with Crippen molar-refractivity contribution in [2.24, 2.45) is 5.16 Å². The van der Waals surface area contributed by atoms with E-state index < -0.39 is 0 Å². The van der Waals surface area contributed by atoms with E-state index in [2.05, 4.69) is 5.16 Å². The molecule has 1 atom stereocenters. The Bertz CT molecular complexity index is 956. The molecule has 2 aromatic carbocycles. The highest BCUT2D eigenvalue weighted by atomic mass is 16.7. The van der Waals surface area contributed by atoms with E-state index >= 15 is 0 Å². The summed E-state index contributed by atoms with van der Waals surface area (Å²) in [5, 5.41) is 4.28. The molecular formula is C20H19NO7. The summed E-state index contributed by atoms with van der Waals surface area (Å²) < 4.78 is 32.7. The van der Waals surface area contributed by atoms with Gasteiger partial charge in [-0.1, -0.05) is 5.16 Å². The zero-order valence-corrected chi connectivity index (χ0v) is 15.5. The lowest BCUT2D eigenvalue weighted by Crippen LogP contribution is -2.12. The standard InChI is InChI=1S/C20H19NO7/c1-22-15-4-11(5-17-19(15)26-9-24-17)3-13-8-14(21-28-13)12-6-16(23-2)20-18(7-12)25-10-27-20/h4-7,13H,3,8-10H2,1-2H3/t13-/m1/s1. The van der Waals surface area contributed by atoms with E-state index in [0.29, 0.717) is 47.3 Å². The summed E-state index contributed by atoms with van der Waals surface area (Å²) in [6, 6.07) is 7.69. The summed E-state index contributed by atoms with van der Waals surface area (Å²) in [7, 11) is 3.21. The van der Waals surface area contributed by atoms with E-state index in [4.69, 9.17) is 33.3 Å². The van der Waals surface area contributed by atoms with Crippen LogP contribution in [0.4, 0.5) is 0 Å². The van der Waals surface area contributed by atoms with Crippen molar-refractivity contribution in [3.63, 3.8) is 0 Å². The fourth-order valence-electron chi connectivity index (χ4n) is 3.57. The molecule has 0 bridgehead atoms. The van der Waals surface area contributed by atoms with Crippen LogP contribution in [-0.2, 0) is 11.3 Å². The molecule has 0 aliphatic carbocycles. The summed E-state index contributed by atoms with van der Waals surface area (Å²) in [4.78, 5) is 5.67. The lowest BCUT2D eigenvalue weighted by atomic mass is 9.99. The van der Waals surface area contributed by atoms with Crippen LogP contribution in [0.5, 0.6) is 34.5 Å². The summed E-state index contributed by atoms with van der Waals surface area (Å²) in [5.41, 5.74) is 2.77. The minimum atomic E-state index is -0.0866. The van der Waals surface area contributed by atoms with Crippen LogP contribution in [0.3, 0.4) is 0 Å². The maximum atomic E-state index is 5.67. The van der Waals surface area contributed by atoms with E-state index in [1.54, 1.807) is 14.2 Å². The minimum absolute atomic E-state index is 0.0866.